The molecule has 0 aliphatic carbocycles. The van der Waals surface area contributed by atoms with Gasteiger partial charge in [-0.2, -0.15) is 0 Å². The summed E-state index contributed by atoms with van der Waals surface area (Å²) >= 11 is 0. The van der Waals surface area contributed by atoms with E-state index in [1.807, 2.05) is 0 Å². The van der Waals surface area contributed by atoms with Crippen LogP contribution in [0.5, 0.6) is 0 Å². The van der Waals surface area contributed by atoms with Gasteiger partial charge < -0.3 is 20.9 Å². The molecule has 5 heterocycles. The Balaban J connectivity index is 1.53. The first-order valence-corrected chi connectivity index (χ1v) is 10.0. The fraction of sp³-hybridized carbons (Fsp3) is 0.524. The highest BCUT2D eigenvalue weighted by atomic mass is 15.3. The van der Waals surface area contributed by atoms with E-state index in [4.69, 9.17) is 5.73 Å². The van der Waals surface area contributed by atoms with Gasteiger partial charge in [-0.1, -0.05) is 30.3 Å². The Morgan fingerprint density at radius 2 is 1.81 bits per heavy atom. The van der Waals surface area contributed by atoms with Gasteiger partial charge in [0, 0.05) is 74.8 Å². The van der Waals surface area contributed by atoms with Crippen LogP contribution in [0.3, 0.4) is 0 Å². The monoisotopic (exact) mass is 364 g/mol. The van der Waals surface area contributed by atoms with Gasteiger partial charge in [0.15, 0.2) is 0 Å². The second kappa shape index (κ2) is 6.86. The lowest BCUT2D eigenvalue weighted by molar-refractivity contribution is 0.0438. The molecule has 0 saturated carbocycles. The molecule has 6 heteroatoms. The molecule has 3 N–H and O–H groups in total. The summed E-state index contributed by atoms with van der Waals surface area (Å²) < 4.78 is 0. The Hall–Kier alpha value is -2.02. The Morgan fingerprint density at radius 1 is 1.07 bits per heavy atom. The number of rotatable bonds is 5. The summed E-state index contributed by atoms with van der Waals surface area (Å²) in [6, 6.07) is 13.5. The number of anilines is 1. The summed E-state index contributed by atoms with van der Waals surface area (Å²) in [4.78, 5) is 14.2. The van der Waals surface area contributed by atoms with Crippen LogP contribution in [0.2, 0.25) is 0 Å². The van der Waals surface area contributed by atoms with Crippen LogP contribution < -0.4 is 11.1 Å². The first-order valence-electron chi connectivity index (χ1n) is 10.0. The molecule has 27 heavy (non-hydrogen) atoms. The van der Waals surface area contributed by atoms with Crippen molar-refractivity contribution in [3.05, 3.63) is 54.0 Å². The fourth-order valence-electron chi connectivity index (χ4n) is 5.49. The standard InChI is InChI=1S/C21H28N6/c22-7-6-18-10-19(24-15-23-18)25-20-16-11-26-8-9-27(12-16)14-21(20,13-26)17-4-2-1-3-5-17/h1-5,10,15-16,20H,6-9,11-14,22H2,(H,23,24,25)/t16?,20-,21?/m1/s1. The summed E-state index contributed by atoms with van der Waals surface area (Å²) in [7, 11) is 0. The highest BCUT2D eigenvalue weighted by molar-refractivity contribution is 5.43. The number of aromatic nitrogens is 2. The molecular formula is C21H28N6. The van der Waals surface area contributed by atoms with E-state index in [-0.39, 0.29) is 5.41 Å². The maximum Gasteiger partial charge on any atom is 0.129 e. The molecule has 2 aromatic rings. The van der Waals surface area contributed by atoms with E-state index in [9.17, 15) is 0 Å². The fourth-order valence-corrected chi connectivity index (χ4v) is 5.49. The van der Waals surface area contributed by atoms with E-state index in [0.717, 1.165) is 31.0 Å². The SMILES string of the molecule is NCCc1cc(N[C@@H]2C3CN4CCN(C3)CC2(c2ccccc2)C4)ncn1. The molecule has 0 spiro atoms. The predicted molar refractivity (Wildman–Crippen MR) is 107 cm³/mol. The first-order chi connectivity index (χ1) is 13.3. The molecule has 6 rings (SSSR count). The topological polar surface area (TPSA) is 70.3 Å². The average Bonchev–Trinajstić information content (AvgIpc) is 2.94. The number of piperidine rings is 2. The van der Waals surface area contributed by atoms with Gasteiger partial charge in [-0.3, -0.25) is 0 Å². The maximum absolute atomic E-state index is 5.71. The normalized spacial score (nSPS) is 34.4. The van der Waals surface area contributed by atoms with Crippen LogP contribution in [0.1, 0.15) is 11.3 Å². The zero-order valence-electron chi connectivity index (χ0n) is 15.7. The Labute approximate surface area is 160 Å². The smallest absolute Gasteiger partial charge is 0.129 e. The average molecular weight is 364 g/mol. The molecule has 4 saturated heterocycles. The summed E-state index contributed by atoms with van der Waals surface area (Å²) in [5.41, 5.74) is 8.26. The lowest BCUT2D eigenvalue weighted by atomic mass is 9.64. The largest absolute Gasteiger partial charge is 0.366 e. The number of benzene rings is 1. The molecule has 3 atom stereocenters. The van der Waals surface area contributed by atoms with Crippen molar-refractivity contribution in [1.29, 1.82) is 0 Å². The lowest BCUT2D eigenvalue weighted by Gasteiger charge is -2.56. The van der Waals surface area contributed by atoms with E-state index < -0.39 is 0 Å². The van der Waals surface area contributed by atoms with Crippen LogP contribution >= 0.6 is 0 Å². The minimum absolute atomic E-state index is 0.0951. The molecule has 4 bridgehead atoms. The predicted octanol–water partition coefficient (Wildman–Crippen LogP) is 0.957. The number of hydrogen-bond acceptors (Lipinski definition) is 6. The van der Waals surface area contributed by atoms with Gasteiger partial charge in [0.2, 0.25) is 0 Å². The highest BCUT2D eigenvalue weighted by Crippen LogP contribution is 2.44. The van der Waals surface area contributed by atoms with Crippen molar-refractivity contribution in [3.63, 3.8) is 0 Å². The number of nitrogens with one attached hydrogen (secondary N) is 1. The Kier molecular flexibility index (Phi) is 4.34. The number of fused-ring (bicyclic) bond motifs is 1. The third kappa shape index (κ3) is 3.02. The van der Waals surface area contributed by atoms with Crippen LogP contribution in [0.25, 0.3) is 0 Å². The molecule has 4 fully saturated rings. The molecule has 1 aromatic heterocycles. The molecule has 1 aromatic carbocycles. The zero-order valence-corrected chi connectivity index (χ0v) is 15.7. The molecule has 0 amide bonds. The molecule has 2 unspecified atom stereocenters. The van der Waals surface area contributed by atoms with Crippen molar-refractivity contribution in [3.8, 4) is 0 Å². The van der Waals surface area contributed by atoms with Gasteiger partial charge in [-0.05, 0) is 12.1 Å². The van der Waals surface area contributed by atoms with Crippen molar-refractivity contribution in [2.24, 2.45) is 11.7 Å². The van der Waals surface area contributed by atoms with Crippen LogP contribution in [-0.4, -0.2) is 71.6 Å². The third-order valence-electron chi connectivity index (χ3n) is 6.57. The number of nitrogens with zero attached hydrogens (tertiary/aromatic N) is 4. The first kappa shape index (κ1) is 17.1. The zero-order chi connectivity index (χ0) is 18.3. The molecule has 0 radical (unpaired) electrons. The van der Waals surface area contributed by atoms with Crippen molar-refractivity contribution < 1.29 is 0 Å². The van der Waals surface area contributed by atoms with Crippen molar-refractivity contribution in [2.45, 2.75) is 17.9 Å². The van der Waals surface area contributed by atoms with Gasteiger partial charge in [-0.25, -0.2) is 9.97 Å². The maximum atomic E-state index is 5.71. The van der Waals surface area contributed by atoms with E-state index in [1.54, 1.807) is 6.33 Å². The minimum Gasteiger partial charge on any atom is -0.366 e. The van der Waals surface area contributed by atoms with Crippen molar-refractivity contribution in [1.82, 2.24) is 19.8 Å². The van der Waals surface area contributed by atoms with Crippen LogP contribution in [0, 0.1) is 5.92 Å². The Bertz CT molecular complexity index is 778. The third-order valence-corrected chi connectivity index (χ3v) is 6.57. The van der Waals surface area contributed by atoms with Gasteiger partial charge >= 0.3 is 0 Å². The molecule has 6 nitrogen and oxygen atoms in total. The molecule has 4 aliphatic rings. The lowest BCUT2D eigenvalue weighted by Crippen LogP contribution is -2.68. The van der Waals surface area contributed by atoms with Crippen LogP contribution in [0.15, 0.2) is 42.7 Å². The molecule has 142 valence electrons. The summed E-state index contributed by atoms with van der Waals surface area (Å²) in [6.45, 7) is 7.55. The van der Waals surface area contributed by atoms with Gasteiger partial charge in [0.05, 0.1) is 0 Å². The van der Waals surface area contributed by atoms with E-state index in [0.29, 0.717) is 18.5 Å². The van der Waals surface area contributed by atoms with Gasteiger partial charge in [0.1, 0.15) is 12.1 Å². The van der Waals surface area contributed by atoms with Crippen LogP contribution in [-0.2, 0) is 11.8 Å². The number of nitrogens with two attached hydrogens (primary N) is 1. The second-order valence-electron chi connectivity index (χ2n) is 8.31. The summed E-state index contributed by atoms with van der Waals surface area (Å²) in [5.74, 6) is 1.54. The summed E-state index contributed by atoms with van der Waals surface area (Å²) in [5, 5.41) is 3.84. The van der Waals surface area contributed by atoms with Crippen LogP contribution in [0.4, 0.5) is 5.82 Å². The van der Waals surface area contributed by atoms with Gasteiger partial charge in [0.25, 0.3) is 0 Å². The minimum atomic E-state index is 0.0951. The van der Waals surface area contributed by atoms with Gasteiger partial charge in [-0.15, -0.1) is 0 Å². The van der Waals surface area contributed by atoms with E-state index in [1.165, 1.54) is 31.7 Å². The van der Waals surface area contributed by atoms with Crippen molar-refractivity contribution >= 4 is 5.82 Å². The molecular weight excluding hydrogens is 336 g/mol. The Morgan fingerprint density at radius 3 is 2.52 bits per heavy atom. The second-order valence-corrected chi connectivity index (χ2v) is 8.31. The van der Waals surface area contributed by atoms with E-state index in [2.05, 4.69) is 61.5 Å². The highest BCUT2D eigenvalue weighted by Gasteiger charge is 2.55. The number of hydrogen-bond donors (Lipinski definition) is 2. The molecule has 4 aliphatic heterocycles. The summed E-state index contributed by atoms with van der Waals surface area (Å²) in [6.07, 6.45) is 2.45. The quantitative estimate of drug-likeness (QED) is 0.824. The van der Waals surface area contributed by atoms with Crippen molar-refractivity contribution in [2.75, 3.05) is 51.1 Å². The van der Waals surface area contributed by atoms with E-state index >= 15 is 0 Å².